The zero-order valence-corrected chi connectivity index (χ0v) is 12.1. The lowest BCUT2D eigenvalue weighted by Gasteiger charge is -2.04. The van der Waals surface area contributed by atoms with Gasteiger partial charge in [0.25, 0.3) is 0 Å². The predicted molar refractivity (Wildman–Crippen MR) is 77.1 cm³/mol. The molecule has 0 saturated heterocycles. The topological polar surface area (TPSA) is 52.9 Å². The Labute approximate surface area is 123 Å². The van der Waals surface area contributed by atoms with Crippen LogP contribution in [0.2, 0.25) is 0 Å². The Balaban J connectivity index is 1.48. The Morgan fingerprint density at radius 1 is 1.10 bits per heavy atom. The van der Waals surface area contributed by atoms with Crippen LogP contribution in [0.25, 0.3) is 0 Å². The smallest absolute Gasteiger partial charge is 0.231 e. The molecule has 0 aliphatic carbocycles. The van der Waals surface area contributed by atoms with Gasteiger partial charge in [-0.25, -0.2) is 0 Å². The number of benzene rings is 1. The molecule has 1 aliphatic heterocycles. The van der Waals surface area contributed by atoms with E-state index in [1.807, 2.05) is 24.3 Å². The van der Waals surface area contributed by atoms with Crippen molar-refractivity contribution in [3.05, 3.63) is 47.4 Å². The van der Waals surface area contributed by atoms with Crippen LogP contribution in [0, 0.1) is 0 Å². The molecule has 112 valence electrons. The van der Waals surface area contributed by atoms with Gasteiger partial charge in [-0.1, -0.05) is 13.0 Å². The Morgan fingerprint density at radius 3 is 2.90 bits per heavy atom. The van der Waals surface area contributed by atoms with Gasteiger partial charge in [-0.05, 0) is 30.3 Å². The molecule has 1 aromatic heterocycles. The van der Waals surface area contributed by atoms with Crippen molar-refractivity contribution in [2.24, 2.45) is 0 Å². The predicted octanol–water partition coefficient (Wildman–Crippen LogP) is 2.83. The molecular formula is C16H19NO4. The van der Waals surface area contributed by atoms with Crippen LogP contribution in [0.15, 0.2) is 34.9 Å². The summed E-state index contributed by atoms with van der Waals surface area (Å²) in [5, 5.41) is 3.26. The summed E-state index contributed by atoms with van der Waals surface area (Å²) in [5.41, 5.74) is 2.19. The first-order chi connectivity index (χ1) is 10.3. The number of rotatable bonds is 7. The van der Waals surface area contributed by atoms with E-state index in [-0.39, 0.29) is 0 Å². The normalized spacial score (nSPS) is 12.8. The highest BCUT2D eigenvalue weighted by Gasteiger charge is 2.13. The molecule has 1 N–H and O–H groups in total. The molecule has 2 aromatic rings. The summed E-state index contributed by atoms with van der Waals surface area (Å²) in [4.78, 5) is 0. The zero-order valence-electron chi connectivity index (χ0n) is 12.1. The van der Waals surface area contributed by atoms with E-state index in [4.69, 9.17) is 18.6 Å². The summed E-state index contributed by atoms with van der Waals surface area (Å²) >= 11 is 0. The third kappa shape index (κ3) is 3.56. The number of hydrogen-bond acceptors (Lipinski definition) is 5. The third-order valence-corrected chi connectivity index (χ3v) is 3.24. The van der Waals surface area contributed by atoms with Gasteiger partial charge in [0, 0.05) is 12.1 Å². The van der Waals surface area contributed by atoms with Crippen molar-refractivity contribution in [2.75, 3.05) is 13.3 Å². The molecule has 1 aromatic carbocycles. The maximum Gasteiger partial charge on any atom is 0.231 e. The Hall–Kier alpha value is -1.98. The van der Waals surface area contributed by atoms with Crippen LogP contribution in [0.5, 0.6) is 11.5 Å². The molecular weight excluding hydrogens is 270 g/mol. The Bertz CT molecular complexity index is 594. The van der Waals surface area contributed by atoms with E-state index in [9.17, 15) is 0 Å². The highest BCUT2D eigenvalue weighted by molar-refractivity contribution is 5.44. The van der Waals surface area contributed by atoms with Crippen LogP contribution >= 0.6 is 0 Å². The van der Waals surface area contributed by atoms with E-state index >= 15 is 0 Å². The van der Waals surface area contributed by atoms with Crippen molar-refractivity contribution < 1.29 is 18.6 Å². The zero-order chi connectivity index (χ0) is 14.5. The number of hydrogen-bond donors (Lipinski definition) is 1. The lowest BCUT2D eigenvalue weighted by atomic mass is 10.2. The van der Waals surface area contributed by atoms with Crippen molar-refractivity contribution in [1.82, 2.24) is 5.32 Å². The molecule has 2 heterocycles. The van der Waals surface area contributed by atoms with Crippen LogP contribution in [0.3, 0.4) is 0 Å². The average Bonchev–Trinajstić information content (AvgIpc) is 3.13. The molecule has 21 heavy (non-hydrogen) atoms. The molecule has 0 atom stereocenters. The standard InChI is InChI=1S/C16H19NO4/c1-2-17-7-13-5-14(19-9-13)10-18-8-12-3-4-15-16(6-12)21-11-20-15/h3-6,9,17H,2,7-8,10-11H2,1H3. The maximum atomic E-state index is 5.67. The lowest BCUT2D eigenvalue weighted by Crippen LogP contribution is -2.10. The van der Waals surface area contributed by atoms with E-state index < -0.39 is 0 Å². The molecule has 0 unspecified atom stereocenters. The van der Waals surface area contributed by atoms with Gasteiger partial charge >= 0.3 is 0 Å². The number of fused-ring (bicyclic) bond motifs is 1. The number of ether oxygens (including phenoxy) is 3. The van der Waals surface area contributed by atoms with Crippen molar-refractivity contribution in [3.8, 4) is 11.5 Å². The fourth-order valence-corrected chi connectivity index (χ4v) is 2.16. The molecule has 0 amide bonds. The summed E-state index contributed by atoms with van der Waals surface area (Å²) in [6, 6.07) is 7.85. The molecule has 0 bridgehead atoms. The average molecular weight is 289 g/mol. The van der Waals surface area contributed by atoms with E-state index in [2.05, 4.69) is 12.2 Å². The summed E-state index contributed by atoms with van der Waals surface area (Å²) in [6.07, 6.45) is 1.77. The quantitative estimate of drug-likeness (QED) is 0.849. The van der Waals surface area contributed by atoms with Gasteiger partial charge in [0.1, 0.15) is 12.4 Å². The minimum atomic E-state index is 0.292. The fraction of sp³-hybridized carbons (Fsp3) is 0.375. The van der Waals surface area contributed by atoms with Gasteiger partial charge in [-0.3, -0.25) is 0 Å². The second kappa shape index (κ2) is 6.65. The summed E-state index contributed by atoms with van der Waals surface area (Å²) < 4.78 is 21.8. The first kappa shape index (κ1) is 14.0. The van der Waals surface area contributed by atoms with Crippen LogP contribution in [-0.4, -0.2) is 13.3 Å². The van der Waals surface area contributed by atoms with Crippen molar-refractivity contribution in [2.45, 2.75) is 26.7 Å². The van der Waals surface area contributed by atoms with Crippen LogP contribution < -0.4 is 14.8 Å². The lowest BCUT2D eigenvalue weighted by molar-refractivity contribution is 0.0928. The van der Waals surface area contributed by atoms with E-state index in [0.29, 0.717) is 20.0 Å². The fourth-order valence-electron chi connectivity index (χ4n) is 2.16. The van der Waals surface area contributed by atoms with Gasteiger partial charge in [0.2, 0.25) is 6.79 Å². The Kier molecular flexibility index (Phi) is 4.43. The van der Waals surface area contributed by atoms with Gasteiger partial charge in [0.05, 0.1) is 12.9 Å². The highest BCUT2D eigenvalue weighted by atomic mass is 16.7. The number of nitrogens with one attached hydrogen (secondary N) is 1. The molecule has 0 fully saturated rings. The molecule has 0 saturated carbocycles. The maximum absolute atomic E-state index is 5.67. The van der Waals surface area contributed by atoms with Gasteiger partial charge in [-0.2, -0.15) is 0 Å². The second-order valence-electron chi connectivity index (χ2n) is 4.88. The Morgan fingerprint density at radius 2 is 2.00 bits per heavy atom. The summed E-state index contributed by atoms with van der Waals surface area (Å²) in [5.74, 6) is 2.41. The largest absolute Gasteiger partial charge is 0.467 e. The van der Waals surface area contributed by atoms with E-state index in [0.717, 1.165) is 41.5 Å². The third-order valence-electron chi connectivity index (χ3n) is 3.24. The second-order valence-corrected chi connectivity index (χ2v) is 4.88. The molecule has 5 nitrogen and oxygen atoms in total. The van der Waals surface area contributed by atoms with Gasteiger partial charge < -0.3 is 23.9 Å². The van der Waals surface area contributed by atoms with Crippen molar-refractivity contribution >= 4 is 0 Å². The SMILES string of the molecule is CCNCc1coc(COCc2ccc3c(c2)OCO3)c1. The van der Waals surface area contributed by atoms with Crippen LogP contribution in [-0.2, 0) is 24.5 Å². The van der Waals surface area contributed by atoms with E-state index in [1.165, 1.54) is 0 Å². The van der Waals surface area contributed by atoms with E-state index in [1.54, 1.807) is 6.26 Å². The van der Waals surface area contributed by atoms with Gasteiger partial charge in [0.15, 0.2) is 11.5 Å². The molecule has 1 aliphatic rings. The summed E-state index contributed by atoms with van der Waals surface area (Å²) in [7, 11) is 0. The minimum absolute atomic E-state index is 0.292. The molecule has 3 rings (SSSR count). The minimum Gasteiger partial charge on any atom is -0.467 e. The molecule has 0 spiro atoms. The summed E-state index contributed by atoms with van der Waals surface area (Å²) in [6.45, 7) is 5.11. The van der Waals surface area contributed by atoms with Crippen LogP contribution in [0.4, 0.5) is 0 Å². The first-order valence-corrected chi connectivity index (χ1v) is 7.08. The van der Waals surface area contributed by atoms with Gasteiger partial charge in [-0.15, -0.1) is 0 Å². The van der Waals surface area contributed by atoms with Crippen molar-refractivity contribution in [1.29, 1.82) is 0 Å². The highest BCUT2D eigenvalue weighted by Crippen LogP contribution is 2.32. The van der Waals surface area contributed by atoms with Crippen LogP contribution in [0.1, 0.15) is 23.8 Å². The first-order valence-electron chi connectivity index (χ1n) is 7.08. The number of furan rings is 1. The van der Waals surface area contributed by atoms with Crippen molar-refractivity contribution in [3.63, 3.8) is 0 Å². The molecule has 5 heteroatoms. The molecule has 0 radical (unpaired) electrons. The monoisotopic (exact) mass is 289 g/mol.